The van der Waals surface area contributed by atoms with E-state index in [9.17, 15) is 0 Å². The van der Waals surface area contributed by atoms with Gasteiger partial charge in [0.15, 0.2) is 5.75 Å². The number of halogens is 1. The molecule has 4 nitrogen and oxygen atoms in total. The van der Waals surface area contributed by atoms with Gasteiger partial charge >= 0.3 is 0 Å². The molecule has 5 heteroatoms. The second-order valence-electron chi connectivity index (χ2n) is 4.95. The summed E-state index contributed by atoms with van der Waals surface area (Å²) in [6.07, 6.45) is 5.57. The van der Waals surface area contributed by atoms with E-state index in [-0.39, 0.29) is 0 Å². The van der Waals surface area contributed by atoms with Gasteiger partial charge in [-0.3, -0.25) is 0 Å². The Hall–Kier alpha value is -1.65. The molecule has 1 aromatic heterocycles. The van der Waals surface area contributed by atoms with E-state index in [2.05, 4.69) is 15.3 Å². The highest BCUT2D eigenvalue weighted by atomic mass is 35.5. The maximum Gasteiger partial charge on any atom is 0.164 e. The number of nitrogens with zero attached hydrogens (tertiary/aromatic N) is 2. The summed E-state index contributed by atoms with van der Waals surface area (Å²) in [5.41, 5.74) is 0. The van der Waals surface area contributed by atoms with E-state index in [4.69, 9.17) is 16.3 Å². The first-order valence-corrected chi connectivity index (χ1v) is 7.12. The normalized spacial score (nSPS) is 18.1. The average molecular weight is 290 g/mol. The van der Waals surface area contributed by atoms with Crippen molar-refractivity contribution >= 4 is 11.6 Å². The van der Waals surface area contributed by atoms with Crippen molar-refractivity contribution in [2.75, 3.05) is 13.1 Å². The molecule has 2 heterocycles. The van der Waals surface area contributed by atoms with E-state index in [1.165, 1.54) is 6.42 Å². The van der Waals surface area contributed by atoms with E-state index in [0.29, 0.717) is 16.7 Å². The molecule has 20 heavy (non-hydrogen) atoms. The van der Waals surface area contributed by atoms with Gasteiger partial charge in [0.2, 0.25) is 0 Å². The monoisotopic (exact) mass is 289 g/mol. The van der Waals surface area contributed by atoms with E-state index in [1.807, 2.05) is 12.1 Å². The summed E-state index contributed by atoms with van der Waals surface area (Å²) in [5.74, 6) is 2.89. The second-order valence-corrected chi connectivity index (χ2v) is 5.39. The molecule has 1 N–H and O–H groups in total. The predicted octanol–water partition coefficient (Wildman–Crippen LogP) is 3.07. The first-order valence-electron chi connectivity index (χ1n) is 6.74. The Morgan fingerprint density at radius 3 is 2.55 bits per heavy atom. The van der Waals surface area contributed by atoms with Gasteiger partial charge < -0.3 is 10.1 Å². The van der Waals surface area contributed by atoms with Gasteiger partial charge in [0.25, 0.3) is 0 Å². The number of aromatic nitrogens is 2. The minimum atomic E-state index is 0.639. The molecule has 1 aromatic carbocycles. The fourth-order valence-corrected chi connectivity index (χ4v) is 2.41. The van der Waals surface area contributed by atoms with Gasteiger partial charge in [0.05, 0.1) is 12.4 Å². The lowest BCUT2D eigenvalue weighted by atomic mass is 10.1. The molecule has 0 aliphatic carbocycles. The minimum absolute atomic E-state index is 0.639. The van der Waals surface area contributed by atoms with Gasteiger partial charge in [0.1, 0.15) is 11.6 Å². The Morgan fingerprint density at radius 2 is 1.90 bits per heavy atom. The average Bonchev–Trinajstić information content (AvgIpc) is 2.96. The third-order valence-corrected chi connectivity index (χ3v) is 3.62. The molecular formula is C15H16ClN3O. The number of rotatable bonds is 4. The van der Waals surface area contributed by atoms with Gasteiger partial charge in [-0.05, 0) is 49.7 Å². The quantitative estimate of drug-likeness (QED) is 0.940. The molecule has 1 aliphatic rings. The van der Waals surface area contributed by atoms with Crippen LogP contribution in [-0.2, 0) is 6.42 Å². The summed E-state index contributed by atoms with van der Waals surface area (Å²) >= 11 is 5.83. The summed E-state index contributed by atoms with van der Waals surface area (Å²) in [4.78, 5) is 8.73. The summed E-state index contributed by atoms with van der Waals surface area (Å²) in [7, 11) is 0. The zero-order chi connectivity index (χ0) is 13.8. The Bertz CT molecular complexity index is 550. The maximum absolute atomic E-state index is 5.83. The minimum Gasteiger partial charge on any atom is -0.454 e. The summed E-state index contributed by atoms with van der Waals surface area (Å²) in [6.45, 7) is 2.16. The zero-order valence-electron chi connectivity index (χ0n) is 11.1. The second kappa shape index (κ2) is 6.20. The summed E-state index contributed by atoms with van der Waals surface area (Å²) in [5, 5.41) is 4.04. The smallest absolute Gasteiger partial charge is 0.164 e. The van der Waals surface area contributed by atoms with Gasteiger partial charge in [-0.25, -0.2) is 9.97 Å². The molecule has 2 aromatic rings. The van der Waals surface area contributed by atoms with Gasteiger partial charge in [-0.2, -0.15) is 0 Å². The van der Waals surface area contributed by atoms with Crippen molar-refractivity contribution in [1.82, 2.24) is 15.3 Å². The molecule has 0 saturated carbocycles. The number of ether oxygens (including phenoxy) is 1. The van der Waals surface area contributed by atoms with Crippen LogP contribution in [0.5, 0.6) is 11.5 Å². The van der Waals surface area contributed by atoms with Crippen LogP contribution in [-0.4, -0.2) is 23.1 Å². The molecule has 0 spiro atoms. The first kappa shape index (κ1) is 13.3. The predicted molar refractivity (Wildman–Crippen MR) is 78.2 cm³/mol. The van der Waals surface area contributed by atoms with Crippen molar-refractivity contribution in [3.05, 3.63) is 47.5 Å². The topological polar surface area (TPSA) is 47.0 Å². The standard InChI is InChI=1S/C15H16ClN3O/c16-12-1-3-13(4-2-12)20-14-9-18-15(19-10-14)7-11-5-6-17-8-11/h1-4,9-11,17H,5-8H2. The fraction of sp³-hybridized carbons (Fsp3) is 0.333. The lowest BCUT2D eigenvalue weighted by Crippen LogP contribution is -2.12. The lowest BCUT2D eigenvalue weighted by Gasteiger charge is -2.08. The van der Waals surface area contributed by atoms with E-state index in [1.54, 1.807) is 24.5 Å². The van der Waals surface area contributed by atoms with Gasteiger partial charge in [0, 0.05) is 11.4 Å². The highest BCUT2D eigenvalue weighted by Crippen LogP contribution is 2.22. The van der Waals surface area contributed by atoms with E-state index in [0.717, 1.165) is 31.1 Å². The molecule has 3 rings (SSSR count). The number of hydrogen-bond acceptors (Lipinski definition) is 4. The number of benzene rings is 1. The number of nitrogens with one attached hydrogen (secondary N) is 1. The molecule has 0 bridgehead atoms. The molecule has 0 radical (unpaired) electrons. The third-order valence-electron chi connectivity index (χ3n) is 3.36. The Morgan fingerprint density at radius 1 is 1.15 bits per heavy atom. The van der Waals surface area contributed by atoms with Crippen LogP contribution in [0.4, 0.5) is 0 Å². The Balaban J connectivity index is 1.62. The van der Waals surface area contributed by atoms with Crippen LogP contribution in [0.1, 0.15) is 12.2 Å². The third kappa shape index (κ3) is 3.46. The van der Waals surface area contributed by atoms with Crippen molar-refractivity contribution in [2.45, 2.75) is 12.8 Å². The number of hydrogen-bond donors (Lipinski definition) is 1. The fourth-order valence-electron chi connectivity index (χ4n) is 2.29. The molecule has 1 fully saturated rings. The lowest BCUT2D eigenvalue weighted by molar-refractivity contribution is 0.474. The van der Waals surface area contributed by atoms with Gasteiger partial charge in [-0.1, -0.05) is 11.6 Å². The van der Waals surface area contributed by atoms with Crippen molar-refractivity contribution in [3.8, 4) is 11.5 Å². The molecular weight excluding hydrogens is 274 g/mol. The molecule has 0 amide bonds. The molecule has 1 saturated heterocycles. The molecule has 1 atom stereocenters. The largest absolute Gasteiger partial charge is 0.454 e. The van der Waals surface area contributed by atoms with Crippen LogP contribution in [0.2, 0.25) is 5.02 Å². The molecule has 104 valence electrons. The highest BCUT2D eigenvalue weighted by molar-refractivity contribution is 6.30. The van der Waals surface area contributed by atoms with Crippen LogP contribution in [0.3, 0.4) is 0 Å². The SMILES string of the molecule is Clc1ccc(Oc2cnc(CC3CCNC3)nc2)cc1. The summed E-state index contributed by atoms with van der Waals surface area (Å²) < 4.78 is 5.66. The molecule has 1 unspecified atom stereocenters. The van der Waals surface area contributed by atoms with Crippen LogP contribution in [0, 0.1) is 5.92 Å². The van der Waals surface area contributed by atoms with Crippen molar-refractivity contribution in [1.29, 1.82) is 0 Å². The Kier molecular flexibility index (Phi) is 4.14. The van der Waals surface area contributed by atoms with Crippen molar-refractivity contribution < 1.29 is 4.74 Å². The van der Waals surface area contributed by atoms with E-state index >= 15 is 0 Å². The van der Waals surface area contributed by atoms with Crippen molar-refractivity contribution in [3.63, 3.8) is 0 Å². The summed E-state index contributed by atoms with van der Waals surface area (Å²) in [6, 6.07) is 7.22. The van der Waals surface area contributed by atoms with Crippen molar-refractivity contribution in [2.24, 2.45) is 5.92 Å². The molecule has 1 aliphatic heterocycles. The van der Waals surface area contributed by atoms with E-state index < -0.39 is 0 Å². The first-order chi connectivity index (χ1) is 9.79. The van der Waals surface area contributed by atoms with Crippen LogP contribution >= 0.6 is 11.6 Å². The van der Waals surface area contributed by atoms with Crippen LogP contribution < -0.4 is 10.1 Å². The zero-order valence-corrected chi connectivity index (χ0v) is 11.8. The van der Waals surface area contributed by atoms with Gasteiger partial charge in [-0.15, -0.1) is 0 Å². The van der Waals surface area contributed by atoms with Crippen LogP contribution in [0.15, 0.2) is 36.7 Å². The highest BCUT2D eigenvalue weighted by Gasteiger charge is 2.16. The Labute approximate surface area is 123 Å². The van der Waals surface area contributed by atoms with Crippen LogP contribution in [0.25, 0.3) is 0 Å². The maximum atomic E-state index is 5.83.